The molecule has 0 aliphatic carbocycles. The van der Waals surface area contributed by atoms with E-state index in [2.05, 4.69) is 28.1 Å². The van der Waals surface area contributed by atoms with Gasteiger partial charge in [0.05, 0.1) is 0 Å². The summed E-state index contributed by atoms with van der Waals surface area (Å²) >= 11 is 0. The lowest BCUT2D eigenvalue weighted by Crippen LogP contribution is -2.15. The maximum absolute atomic E-state index is 11.1. The van der Waals surface area contributed by atoms with Crippen LogP contribution in [-0.4, -0.2) is 47.9 Å². The van der Waals surface area contributed by atoms with Crippen molar-refractivity contribution >= 4 is 29.3 Å². The molecule has 9 heteroatoms. The number of hydrogen-bond donors (Lipinski definition) is 6. The van der Waals surface area contributed by atoms with Crippen LogP contribution < -0.4 is 21.5 Å². The van der Waals surface area contributed by atoms with Crippen LogP contribution in [0, 0.1) is 5.41 Å². The van der Waals surface area contributed by atoms with Gasteiger partial charge in [-0.05, 0) is 36.5 Å². The van der Waals surface area contributed by atoms with Crippen molar-refractivity contribution in [3.63, 3.8) is 0 Å². The number of carbonyl (C=O) groups is 1. The SMILES string of the molecule is CC[C@@H](C(=N)CCc1c(NC)nn(NC)c1NC)c1ccc(/C=C/C(=O)NO)cc1. The Bertz CT molecular complexity index is 888. The van der Waals surface area contributed by atoms with Crippen LogP contribution in [0.5, 0.6) is 0 Å². The first-order chi connectivity index (χ1) is 14.5. The number of anilines is 2. The van der Waals surface area contributed by atoms with Crippen LogP contribution in [0.4, 0.5) is 11.6 Å². The third-order valence-corrected chi connectivity index (χ3v) is 5.02. The molecule has 1 aromatic heterocycles. The zero-order chi connectivity index (χ0) is 22.1. The molecule has 0 saturated heterocycles. The van der Waals surface area contributed by atoms with E-state index in [0.29, 0.717) is 18.6 Å². The van der Waals surface area contributed by atoms with Gasteiger partial charge < -0.3 is 21.5 Å². The van der Waals surface area contributed by atoms with Crippen molar-refractivity contribution in [2.24, 2.45) is 0 Å². The quantitative estimate of drug-likeness (QED) is 0.146. The van der Waals surface area contributed by atoms with E-state index in [-0.39, 0.29) is 5.92 Å². The van der Waals surface area contributed by atoms with Crippen molar-refractivity contribution < 1.29 is 10.0 Å². The van der Waals surface area contributed by atoms with Gasteiger partial charge in [-0.2, -0.15) is 4.79 Å². The minimum absolute atomic E-state index is 0.0270. The lowest BCUT2D eigenvalue weighted by Gasteiger charge is -2.17. The molecule has 1 amide bonds. The van der Waals surface area contributed by atoms with E-state index in [1.165, 1.54) is 6.08 Å². The predicted molar refractivity (Wildman–Crippen MR) is 121 cm³/mol. The maximum atomic E-state index is 11.1. The number of carbonyl (C=O) groups excluding carboxylic acids is 1. The van der Waals surface area contributed by atoms with E-state index in [1.54, 1.807) is 23.4 Å². The van der Waals surface area contributed by atoms with Gasteiger partial charge in [0, 0.05) is 44.4 Å². The molecule has 0 saturated carbocycles. The molecule has 0 aliphatic rings. The average molecular weight is 414 g/mol. The first kappa shape index (κ1) is 23.0. The molecule has 0 fully saturated rings. The summed E-state index contributed by atoms with van der Waals surface area (Å²) in [6, 6.07) is 7.77. The molecule has 1 atom stereocenters. The van der Waals surface area contributed by atoms with E-state index in [9.17, 15) is 4.79 Å². The summed E-state index contributed by atoms with van der Waals surface area (Å²) in [6.45, 7) is 2.08. The third-order valence-electron chi connectivity index (χ3n) is 5.02. The second-order valence-corrected chi connectivity index (χ2v) is 6.77. The molecule has 0 spiro atoms. The topological polar surface area (TPSA) is 127 Å². The van der Waals surface area contributed by atoms with Crippen molar-refractivity contribution in [2.75, 3.05) is 37.2 Å². The lowest BCUT2D eigenvalue weighted by molar-refractivity contribution is -0.124. The van der Waals surface area contributed by atoms with Crippen molar-refractivity contribution in [3.05, 3.63) is 47.0 Å². The highest BCUT2D eigenvalue weighted by Gasteiger charge is 2.19. The van der Waals surface area contributed by atoms with E-state index in [0.717, 1.165) is 34.7 Å². The van der Waals surface area contributed by atoms with Crippen LogP contribution in [0.2, 0.25) is 0 Å². The number of hydroxylamine groups is 1. The first-order valence-electron chi connectivity index (χ1n) is 9.93. The van der Waals surface area contributed by atoms with Gasteiger partial charge in [-0.1, -0.05) is 31.2 Å². The van der Waals surface area contributed by atoms with Crippen molar-refractivity contribution in [2.45, 2.75) is 32.1 Å². The molecule has 2 rings (SSSR count). The number of nitrogens with one attached hydrogen (secondary N) is 5. The molecule has 9 nitrogen and oxygen atoms in total. The largest absolute Gasteiger partial charge is 0.371 e. The minimum Gasteiger partial charge on any atom is -0.371 e. The maximum Gasteiger partial charge on any atom is 0.267 e. The van der Waals surface area contributed by atoms with Gasteiger partial charge >= 0.3 is 0 Å². The number of nitrogens with zero attached hydrogens (tertiary/aromatic N) is 2. The Morgan fingerprint density at radius 1 is 1.23 bits per heavy atom. The Labute approximate surface area is 177 Å². The molecule has 1 heterocycles. The van der Waals surface area contributed by atoms with Crippen LogP contribution in [0.25, 0.3) is 6.08 Å². The van der Waals surface area contributed by atoms with Gasteiger partial charge in [0.2, 0.25) is 0 Å². The molecule has 6 N–H and O–H groups in total. The van der Waals surface area contributed by atoms with Crippen LogP contribution in [0.1, 0.15) is 42.4 Å². The highest BCUT2D eigenvalue weighted by molar-refractivity contribution is 5.91. The van der Waals surface area contributed by atoms with E-state index < -0.39 is 5.91 Å². The zero-order valence-electron chi connectivity index (χ0n) is 17.9. The molecule has 0 radical (unpaired) electrons. The van der Waals surface area contributed by atoms with Gasteiger partial charge in [0.1, 0.15) is 0 Å². The number of amides is 1. The molecule has 0 unspecified atom stereocenters. The number of hydrogen-bond acceptors (Lipinski definition) is 7. The van der Waals surface area contributed by atoms with E-state index >= 15 is 0 Å². The van der Waals surface area contributed by atoms with E-state index in [4.69, 9.17) is 10.6 Å². The molecular formula is C21H31N7O2. The van der Waals surface area contributed by atoms with Gasteiger partial charge in [0.15, 0.2) is 11.6 Å². The van der Waals surface area contributed by atoms with Crippen molar-refractivity contribution in [1.29, 1.82) is 5.41 Å². The number of benzene rings is 1. The standard InChI is InChI=1S/C21H31N7O2/c1-5-16(15-9-6-14(7-10-15)8-13-19(29)27-30)18(22)12-11-17-20(23-2)26-28(25-4)21(17)24-3/h6-10,13,16,22,24-25,30H,5,11-12H2,1-4H3,(H,23,26)(H,27,29)/b13-8+,22-18?/t16-/m1/s1. The minimum atomic E-state index is -0.573. The Balaban J connectivity index is 2.11. The fraction of sp³-hybridized carbons (Fsp3) is 0.381. The second-order valence-electron chi connectivity index (χ2n) is 6.77. The van der Waals surface area contributed by atoms with Gasteiger partial charge in [-0.25, -0.2) is 5.48 Å². The monoisotopic (exact) mass is 413 g/mol. The van der Waals surface area contributed by atoms with Crippen LogP contribution in [0.15, 0.2) is 30.3 Å². The molecule has 1 aromatic carbocycles. The molecule has 30 heavy (non-hydrogen) atoms. The number of rotatable bonds is 11. The third kappa shape index (κ3) is 5.38. The Morgan fingerprint density at radius 2 is 1.93 bits per heavy atom. The Morgan fingerprint density at radius 3 is 2.47 bits per heavy atom. The zero-order valence-corrected chi connectivity index (χ0v) is 17.9. The predicted octanol–water partition coefficient (Wildman–Crippen LogP) is 2.80. The first-order valence-corrected chi connectivity index (χ1v) is 9.93. The second kappa shape index (κ2) is 11.0. The summed E-state index contributed by atoms with van der Waals surface area (Å²) in [5.74, 6) is 1.12. The molecule has 162 valence electrons. The molecular weight excluding hydrogens is 382 g/mol. The van der Waals surface area contributed by atoms with Crippen LogP contribution in [-0.2, 0) is 11.2 Å². The molecule has 0 bridgehead atoms. The number of aromatic nitrogens is 2. The average Bonchev–Trinajstić information content (AvgIpc) is 3.13. The molecule has 2 aromatic rings. The van der Waals surface area contributed by atoms with Crippen molar-refractivity contribution in [3.8, 4) is 0 Å². The van der Waals surface area contributed by atoms with Crippen LogP contribution >= 0.6 is 0 Å². The fourth-order valence-electron chi connectivity index (χ4n) is 3.47. The van der Waals surface area contributed by atoms with Crippen molar-refractivity contribution in [1.82, 2.24) is 15.4 Å². The summed E-state index contributed by atoms with van der Waals surface area (Å²) in [5, 5.41) is 28.0. The summed E-state index contributed by atoms with van der Waals surface area (Å²) < 4.78 is 0. The lowest BCUT2D eigenvalue weighted by atomic mass is 9.88. The van der Waals surface area contributed by atoms with Crippen LogP contribution in [0.3, 0.4) is 0 Å². The molecule has 0 aliphatic heterocycles. The summed E-state index contributed by atoms with van der Waals surface area (Å²) in [5.41, 5.74) is 8.21. The van der Waals surface area contributed by atoms with Gasteiger partial charge in [-0.3, -0.25) is 10.0 Å². The highest BCUT2D eigenvalue weighted by Crippen LogP contribution is 2.28. The highest BCUT2D eigenvalue weighted by atomic mass is 16.5. The van der Waals surface area contributed by atoms with Gasteiger partial charge in [0.25, 0.3) is 5.91 Å². The van der Waals surface area contributed by atoms with Gasteiger partial charge in [-0.15, -0.1) is 5.10 Å². The fourth-order valence-corrected chi connectivity index (χ4v) is 3.47. The normalized spacial score (nSPS) is 11.9. The Kier molecular flexibility index (Phi) is 8.42. The summed E-state index contributed by atoms with van der Waals surface area (Å²) in [6.07, 6.45) is 5.03. The smallest absolute Gasteiger partial charge is 0.267 e. The Hall–Kier alpha value is -3.33. The summed E-state index contributed by atoms with van der Waals surface area (Å²) in [4.78, 5) is 12.8. The summed E-state index contributed by atoms with van der Waals surface area (Å²) in [7, 11) is 5.50. The van der Waals surface area contributed by atoms with E-state index in [1.807, 2.05) is 38.4 Å².